The lowest BCUT2D eigenvalue weighted by Gasteiger charge is -1.99. The van der Waals surface area contributed by atoms with Gasteiger partial charge in [-0.15, -0.1) is 11.3 Å². The number of thiazole rings is 1. The summed E-state index contributed by atoms with van der Waals surface area (Å²) >= 11 is 1.72. The number of rotatable bonds is 4. The van der Waals surface area contributed by atoms with Crippen molar-refractivity contribution in [2.24, 2.45) is 0 Å². The maximum atomic E-state index is 11.0. The van der Waals surface area contributed by atoms with Crippen molar-refractivity contribution in [1.82, 2.24) is 10.3 Å². The highest BCUT2D eigenvalue weighted by Crippen LogP contribution is 2.41. The Hall–Kier alpha value is -0.900. The van der Waals surface area contributed by atoms with Crippen LogP contribution >= 0.6 is 11.3 Å². The monoisotopic (exact) mass is 210 g/mol. The molecule has 0 spiro atoms. The van der Waals surface area contributed by atoms with Gasteiger partial charge in [-0.3, -0.25) is 4.79 Å². The molecular weight excluding hydrogens is 196 g/mol. The van der Waals surface area contributed by atoms with Crippen LogP contribution in [0.15, 0.2) is 5.38 Å². The second-order valence-electron chi connectivity index (χ2n) is 3.58. The highest BCUT2D eigenvalue weighted by Gasteiger charge is 2.26. The summed E-state index contributed by atoms with van der Waals surface area (Å²) in [6, 6.07) is 0. The predicted octanol–water partition coefficient (Wildman–Crippen LogP) is 2.05. The Kier molecular flexibility index (Phi) is 2.82. The Labute approximate surface area is 87.6 Å². The van der Waals surface area contributed by atoms with E-state index in [0.29, 0.717) is 13.0 Å². The van der Waals surface area contributed by atoms with E-state index in [1.54, 1.807) is 11.3 Å². The zero-order valence-electron chi connectivity index (χ0n) is 8.25. The van der Waals surface area contributed by atoms with Gasteiger partial charge in [0.2, 0.25) is 5.91 Å². The summed E-state index contributed by atoms with van der Waals surface area (Å²) in [6.45, 7) is 2.43. The van der Waals surface area contributed by atoms with Crippen LogP contribution in [0.1, 0.15) is 42.8 Å². The molecule has 1 aliphatic carbocycles. The van der Waals surface area contributed by atoms with Gasteiger partial charge in [0.1, 0.15) is 0 Å². The van der Waals surface area contributed by atoms with Gasteiger partial charge in [0, 0.05) is 17.7 Å². The van der Waals surface area contributed by atoms with E-state index in [2.05, 4.69) is 10.3 Å². The Morgan fingerprint density at radius 3 is 3.14 bits per heavy atom. The third-order valence-corrected chi connectivity index (χ3v) is 3.34. The zero-order chi connectivity index (χ0) is 9.97. The summed E-state index contributed by atoms with van der Waals surface area (Å²) in [5, 5.41) is 6.11. The van der Waals surface area contributed by atoms with Gasteiger partial charge in [-0.25, -0.2) is 4.98 Å². The van der Waals surface area contributed by atoms with Crippen molar-refractivity contribution in [2.45, 2.75) is 38.6 Å². The highest BCUT2D eigenvalue weighted by atomic mass is 32.1. The summed E-state index contributed by atoms with van der Waals surface area (Å²) in [4.78, 5) is 15.5. The summed E-state index contributed by atoms with van der Waals surface area (Å²) in [5.41, 5.74) is 0.999. The van der Waals surface area contributed by atoms with Crippen molar-refractivity contribution in [3.05, 3.63) is 16.1 Å². The van der Waals surface area contributed by atoms with Crippen molar-refractivity contribution in [3.8, 4) is 0 Å². The Bertz CT molecular complexity index is 331. The second kappa shape index (κ2) is 4.09. The molecule has 0 saturated heterocycles. The van der Waals surface area contributed by atoms with Crippen molar-refractivity contribution >= 4 is 17.2 Å². The highest BCUT2D eigenvalue weighted by molar-refractivity contribution is 7.09. The molecule has 1 fully saturated rings. The summed E-state index contributed by atoms with van der Waals surface area (Å²) in [7, 11) is 0. The fraction of sp³-hybridized carbons (Fsp3) is 0.600. The third kappa shape index (κ3) is 2.32. The first-order chi connectivity index (χ1) is 6.79. The molecule has 2 rings (SSSR count). The van der Waals surface area contributed by atoms with E-state index in [9.17, 15) is 4.79 Å². The minimum Gasteiger partial charge on any atom is -0.350 e. The number of amides is 1. The molecule has 1 aromatic rings. The molecule has 1 amide bonds. The molecule has 4 heteroatoms. The zero-order valence-corrected chi connectivity index (χ0v) is 9.06. The molecule has 1 saturated carbocycles. The molecule has 1 heterocycles. The van der Waals surface area contributed by atoms with Crippen molar-refractivity contribution in [1.29, 1.82) is 0 Å². The average molecular weight is 210 g/mol. The lowest BCUT2D eigenvalue weighted by Crippen LogP contribution is -2.21. The smallest absolute Gasteiger partial charge is 0.220 e. The molecule has 0 aliphatic heterocycles. The number of hydrogen-bond donors (Lipinski definition) is 1. The van der Waals surface area contributed by atoms with Crippen LogP contribution in [0.3, 0.4) is 0 Å². The number of carbonyl (C=O) groups is 1. The first-order valence-electron chi connectivity index (χ1n) is 5.00. The molecule has 14 heavy (non-hydrogen) atoms. The molecule has 0 unspecified atom stereocenters. The fourth-order valence-electron chi connectivity index (χ4n) is 1.24. The second-order valence-corrected chi connectivity index (χ2v) is 4.47. The first kappa shape index (κ1) is 9.65. The Balaban J connectivity index is 1.86. The normalized spacial score (nSPS) is 15.5. The van der Waals surface area contributed by atoms with E-state index in [1.807, 2.05) is 12.3 Å². The molecule has 0 atom stereocenters. The van der Waals surface area contributed by atoms with Crippen LogP contribution in [0.5, 0.6) is 0 Å². The Morgan fingerprint density at radius 2 is 2.50 bits per heavy atom. The van der Waals surface area contributed by atoms with Crippen LogP contribution in [-0.4, -0.2) is 10.9 Å². The standard InChI is InChI=1S/C10H14N2OS/c1-2-9(13)11-5-8-6-14-10(12-8)7-3-4-7/h6-7H,2-5H2,1H3,(H,11,13). The summed E-state index contributed by atoms with van der Waals surface area (Å²) in [5.74, 6) is 0.807. The molecule has 0 aromatic carbocycles. The molecule has 3 nitrogen and oxygen atoms in total. The SMILES string of the molecule is CCC(=O)NCc1csc(C2CC2)n1. The van der Waals surface area contributed by atoms with Crippen molar-refractivity contribution < 1.29 is 4.79 Å². The van der Waals surface area contributed by atoms with Crippen LogP contribution < -0.4 is 5.32 Å². The van der Waals surface area contributed by atoms with Crippen LogP contribution in [0, 0.1) is 0 Å². The van der Waals surface area contributed by atoms with Gasteiger partial charge < -0.3 is 5.32 Å². The molecule has 0 radical (unpaired) electrons. The van der Waals surface area contributed by atoms with Crippen LogP contribution in [0.4, 0.5) is 0 Å². The number of aromatic nitrogens is 1. The first-order valence-corrected chi connectivity index (χ1v) is 5.88. The van der Waals surface area contributed by atoms with Crippen molar-refractivity contribution in [3.63, 3.8) is 0 Å². The van der Waals surface area contributed by atoms with E-state index in [-0.39, 0.29) is 5.91 Å². The average Bonchev–Trinajstić information content (AvgIpc) is 2.95. The molecule has 1 aromatic heterocycles. The van der Waals surface area contributed by atoms with Gasteiger partial charge in [-0.1, -0.05) is 6.92 Å². The van der Waals surface area contributed by atoms with Gasteiger partial charge in [-0.2, -0.15) is 0 Å². The Morgan fingerprint density at radius 1 is 1.71 bits per heavy atom. The fourth-order valence-corrected chi connectivity index (χ4v) is 2.23. The lowest BCUT2D eigenvalue weighted by molar-refractivity contribution is -0.120. The van der Waals surface area contributed by atoms with Gasteiger partial charge in [0.15, 0.2) is 0 Å². The van der Waals surface area contributed by atoms with E-state index in [0.717, 1.165) is 11.6 Å². The van der Waals surface area contributed by atoms with Gasteiger partial charge >= 0.3 is 0 Å². The largest absolute Gasteiger partial charge is 0.350 e. The number of nitrogens with one attached hydrogen (secondary N) is 1. The topological polar surface area (TPSA) is 42.0 Å². The van der Waals surface area contributed by atoms with E-state index >= 15 is 0 Å². The minimum atomic E-state index is 0.0889. The number of carbonyl (C=O) groups excluding carboxylic acids is 1. The van der Waals surface area contributed by atoms with E-state index in [1.165, 1.54) is 17.8 Å². The van der Waals surface area contributed by atoms with Crippen LogP contribution in [0.25, 0.3) is 0 Å². The molecular formula is C10H14N2OS. The van der Waals surface area contributed by atoms with Crippen LogP contribution in [0.2, 0.25) is 0 Å². The number of hydrogen-bond acceptors (Lipinski definition) is 3. The predicted molar refractivity (Wildman–Crippen MR) is 56.2 cm³/mol. The maximum Gasteiger partial charge on any atom is 0.220 e. The summed E-state index contributed by atoms with van der Waals surface area (Å²) in [6.07, 6.45) is 3.11. The molecule has 1 N–H and O–H groups in total. The van der Waals surface area contributed by atoms with Crippen LogP contribution in [-0.2, 0) is 11.3 Å². The molecule has 76 valence electrons. The van der Waals surface area contributed by atoms with Crippen molar-refractivity contribution in [2.75, 3.05) is 0 Å². The van der Waals surface area contributed by atoms with E-state index in [4.69, 9.17) is 0 Å². The molecule has 1 aliphatic rings. The summed E-state index contributed by atoms with van der Waals surface area (Å²) < 4.78 is 0. The van der Waals surface area contributed by atoms with E-state index < -0.39 is 0 Å². The number of nitrogens with zero attached hydrogens (tertiary/aromatic N) is 1. The lowest BCUT2D eigenvalue weighted by atomic mass is 10.4. The van der Waals surface area contributed by atoms with Gasteiger partial charge in [0.25, 0.3) is 0 Å². The minimum absolute atomic E-state index is 0.0889. The van der Waals surface area contributed by atoms with Gasteiger partial charge in [-0.05, 0) is 12.8 Å². The van der Waals surface area contributed by atoms with Gasteiger partial charge in [0.05, 0.1) is 17.2 Å². The quantitative estimate of drug-likeness (QED) is 0.826. The molecule has 0 bridgehead atoms. The third-order valence-electron chi connectivity index (χ3n) is 2.28. The maximum absolute atomic E-state index is 11.0.